The van der Waals surface area contributed by atoms with Gasteiger partial charge in [-0.25, -0.2) is 0 Å². The van der Waals surface area contributed by atoms with E-state index in [2.05, 4.69) is 0 Å². The molecule has 6 heteroatoms. The minimum atomic E-state index is -0.698. The maximum Gasteiger partial charge on any atom is 0.290 e. The molecule has 0 saturated heterocycles. The van der Waals surface area contributed by atoms with Gasteiger partial charge in [0.05, 0.1) is 11.6 Å². The van der Waals surface area contributed by atoms with Crippen LogP contribution in [0.4, 0.5) is 0 Å². The molecule has 1 aromatic rings. The number of ketones is 1. The quantitative estimate of drug-likeness (QED) is 0.748. The van der Waals surface area contributed by atoms with Crippen LogP contribution in [0.15, 0.2) is 35.6 Å². The van der Waals surface area contributed by atoms with Gasteiger partial charge in [0.25, 0.3) is 5.91 Å². The smallest absolute Gasteiger partial charge is 0.290 e. The van der Waals surface area contributed by atoms with Crippen LogP contribution < -0.4 is 0 Å². The van der Waals surface area contributed by atoms with Crippen LogP contribution in [0.25, 0.3) is 0 Å². The predicted octanol–water partition coefficient (Wildman–Crippen LogP) is 2.35. The lowest BCUT2D eigenvalue weighted by Crippen LogP contribution is -2.33. The van der Waals surface area contributed by atoms with Crippen LogP contribution in [0.5, 0.6) is 5.75 Å². The highest BCUT2D eigenvalue weighted by atomic mass is 16.5. The molecule has 1 atom stereocenters. The van der Waals surface area contributed by atoms with Crippen molar-refractivity contribution in [1.29, 1.82) is 0 Å². The number of hydrogen-bond donors (Lipinski definition) is 2. The number of amides is 1. The summed E-state index contributed by atoms with van der Waals surface area (Å²) in [5, 5.41) is 20.0. The van der Waals surface area contributed by atoms with E-state index in [1.807, 2.05) is 0 Å². The summed E-state index contributed by atoms with van der Waals surface area (Å²) in [5.74, 6) is -1.65. The standard InChI is InChI=1S/C18H23NO5/c1-11(2)16(21)14-15(12-6-4-7-13(20)10-12)19(8-5-9-24-3)18(23)17(14)22/h4,6-7,10-11,15,20,22H,5,8-9H2,1-3H3. The zero-order chi connectivity index (χ0) is 17.9. The van der Waals surface area contributed by atoms with E-state index in [9.17, 15) is 19.8 Å². The number of nitrogens with zero attached hydrogens (tertiary/aromatic N) is 1. The second kappa shape index (κ2) is 7.49. The molecule has 1 heterocycles. The van der Waals surface area contributed by atoms with Crippen molar-refractivity contribution in [2.45, 2.75) is 26.3 Å². The number of carbonyl (C=O) groups excluding carboxylic acids is 2. The number of hydrogen-bond acceptors (Lipinski definition) is 5. The molecule has 1 aromatic carbocycles. The van der Waals surface area contributed by atoms with Gasteiger partial charge in [0.2, 0.25) is 0 Å². The Morgan fingerprint density at radius 3 is 2.62 bits per heavy atom. The molecule has 0 bridgehead atoms. The van der Waals surface area contributed by atoms with E-state index in [0.29, 0.717) is 25.1 Å². The average Bonchev–Trinajstić information content (AvgIpc) is 2.79. The fraction of sp³-hybridized carbons (Fsp3) is 0.444. The van der Waals surface area contributed by atoms with Crippen LogP contribution in [0.3, 0.4) is 0 Å². The van der Waals surface area contributed by atoms with Crippen molar-refractivity contribution in [3.8, 4) is 5.75 Å². The van der Waals surface area contributed by atoms with E-state index in [0.717, 1.165) is 0 Å². The molecule has 1 aliphatic rings. The fourth-order valence-electron chi connectivity index (χ4n) is 2.87. The van der Waals surface area contributed by atoms with Gasteiger partial charge in [-0.1, -0.05) is 26.0 Å². The van der Waals surface area contributed by atoms with E-state index >= 15 is 0 Å². The maximum atomic E-state index is 12.6. The molecule has 1 aliphatic heterocycles. The van der Waals surface area contributed by atoms with Crippen molar-refractivity contribution in [3.05, 3.63) is 41.2 Å². The Morgan fingerprint density at radius 1 is 1.33 bits per heavy atom. The summed E-state index contributed by atoms with van der Waals surface area (Å²) in [4.78, 5) is 26.5. The molecule has 0 spiro atoms. The zero-order valence-corrected chi connectivity index (χ0v) is 14.2. The number of rotatable bonds is 7. The van der Waals surface area contributed by atoms with Crippen LogP contribution in [-0.4, -0.2) is 47.1 Å². The molecule has 1 amide bonds. The third-order valence-electron chi connectivity index (χ3n) is 4.03. The Hall–Kier alpha value is -2.34. The fourth-order valence-corrected chi connectivity index (χ4v) is 2.87. The molecule has 0 fully saturated rings. The van der Waals surface area contributed by atoms with Gasteiger partial charge in [0.1, 0.15) is 5.75 Å². The van der Waals surface area contributed by atoms with Crippen LogP contribution in [-0.2, 0) is 14.3 Å². The van der Waals surface area contributed by atoms with Crippen molar-refractivity contribution in [2.75, 3.05) is 20.3 Å². The number of benzene rings is 1. The van der Waals surface area contributed by atoms with Gasteiger partial charge < -0.3 is 19.8 Å². The molecular formula is C18H23NO5. The summed E-state index contributed by atoms with van der Waals surface area (Å²) in [6.45, 7) is 4.25. The Labute approximate surface area is 141 Å². The van der Waals surface area contributed by atoms with E-state index in [4.69, 9.17) is 4.74 Å². The van der Waals surface area contributed by atoms with Gasteiger partial charge in [-0.15, -0.1) is 0 Å². The lowest BCUT2D eigenvalue weighted by atomic mass is 9.91. The minimum absolute atomic E-state index is 0.0412. The minimum Gasteiger partial charge on any atom is -0.508 e. The lowest BCUT2D eigenvalue weighted by molar-refractivity contribution is -0.129. The molecule has 0 aliphatic carbocycles. The van der Waals surface area contributed by atoms with Gasteiger partial charge >= 0.3 is 0 Å². The van der Waals surface area contributed by atoms with Gasteiger partial charge in [-0.2, -0.15) is 0 Å². The molecule has 24 heavy (non-hydrogen) atoms. The number of phenols is 1. The van der Waals surface area contributed by atoms with Crippen molar-refractivity contribution in [1.82, 2.24) is 4.90 Å². The van der Waals surface area contributed by atoms with Crippen molar-refractivity contribution >= 4 is 11.7 Å². The third-order valence-corrected chi connectivity index (χ3v) is 4.03. The average molecular weight is 333 g/mol. The van der Waals surface area contributed by atoms with Gasteiger partial charge in [0, 0.05) is 26.2 Å². The molecule has 130 valence electrons. The number of ether oxygens (including phenoxy) is 1. The highest BCUT2D eigenvalue weighted by molar-refractivity contribution is 6.09. The molecule has 1 unspecified atom stereocenters. The van der Waals surface area contributed by atoms with Gasteiger partial charge in [-0.3, -0.25) is 9.59 Å². The highest BCUT2D eigenvalue weighted by Crippen LogP contribution is 2.39. The first kappa shape index (κ1) is 18.0. The lowest BCUT2D eigenvalue weighted by Gasteiger charge is -2.27. The topological polar surface area (TPSA) is 87.1 Å². The Balaban J connectivity index is 2.46. The SMILES string of the molecule is COCCCN1C(=O)C(O)=C(C(=O)C(C)C)C1c1cccc(O)c1. The summed E-state index contributed by atoms with van der Waals surface area (Å²) in [6.07, 6.45) is 0.577. The number of phenolic OH excluding ortho intramolecular Hbond substituents is 1. The molecule has 0 radical (unpaired) electrons. The normalized spacial score (nSPS) is 17.9. The molecule has 0 saturated carbocycles. The number of carbonyl (C=O) groups is 2. The molecule has 6 nitrogen and oxygen atoms in total. The molecular weight excluding hydrogens is 310 g/mol. The first-order valence-corrected chi connectivity index (χ1v) is 7.94. The molecule has 0 aromatic heterocycles. The largest absolute Gasteiger partial charge is 0.508 e. The number of aliphatic hydroxyl groups excluding tert-OH is 1. The number of aliphatic hydroxyl groups is 1. The number of methoxy groups -OCH3 is 1. The number of Topliss-reactive ketones (excluding diaryl/α,β-unsaturated/α-hetero) is 1. The van der Waals surface area contributed by atoms with Crippen molar-refractivity contribution in [3.63, 3.8) is 0 Å². The van der Waals surface area contributed by atoms with Gasteiger partial charge in [-0.05, 0) is 24.1 Å². The van der Waals surface area contributed by atoms with Crippen LogP contribution in [0.2, 0.25) is 0 Å². The zero-order valence-electron chi connectivity index (χ0n) is 14.2. The van der Waals surface area contributed by atoms with Crippen molar-refractivity contribution in [2.24, 2.45) is 5.92 Å². The summed E-state index contributed by atoms with van der Waals surface area (Å²) < 4.78 is 5.02. The Morgan fingerprint density at radius 2 is 2.04 bits per heavy atom. The summed E-state index contributed by atoms with van der Waals surface area (Å²) in [6, 6.07) is 5.70. The van der Waals surface area contributed by atoms with E-state index in [1.165, 1.54) is 17.0 Å². The van der Waals surface area contributed by atoms with Crippen molar-refractivity contribution < 1.29 is 24.5 Å². The van der Waals surface area contributed by atoms with E-state index in [-0.39, 0.29) is 23.0 Å². The van der Waals surface area contributed by atoms with E-state index < -0.39 is 17.7 Å². The third kappa shape index (κ3) is 3.43. The molecule has 2 N–H and O–H groups in total. The summed E-state index contributed by atoms with van der Waals surface area (Å²) in [7, 11) is 1.57. The van der Waals surface area contributed by atoms with Crippen LogP contribution in [0, 0.1) is 5.92 Å². The Kier molecular flexibility index (Phi) is 5.62. The molecule has 2 rings (SSSR count). The first-order valence-electron chi connectivity index (χ1n) is 7.94. The van der Waals surface area contributed by atoms with Crippen LogP contribution in [0.1, 0.15) is 31.9 Å². The maximum absolute atomic E-state index is 12.6. The monoisotopic (exact) mass is 333 g/mol. The second-order valence-corrected chi connectivity index (χ2v) is 6.12. The highest BCUT2D eigenvalue weighted by Gasteiger charge is 2.43. The van der Waals surface area contributed by atoms with Gasteiger partial charge in [0.15, 0.2) is 11.5 Å². The van der Waals surface area contributed by atoms with E-state index in [1.54, 1.807) is 33.1 Å². The first-order chi connectivity index (χ1) is 11.4. The second-order valence-electron chi connectivity index (χ2n) is 6.12. The summed E-state index contributed by atoms with van der Waals surface area (Å²) in [5.41, 5.74) is 0.687. The summed E-state index contributed by atoms with van der Waals surface area (Å²) >= 11 is 0. The van der Waals surface area contributed by atoms with Crippen LogP contribution >= 0.6 is 0 Å². The predicted molar refractivity (Wildman–Crippen MR) is 88.6 cm³/mol. The number of aromatic hydroxyl groups is 1. The Bertz CT molecular complexity index is 665.